The molecule has 3 rings (SSSR count). The summed E-state index contributed by atoms with van der Waals surface area (Å²) >= 11 is 0. The van der Waals surface area contributed by atoms with Gasteiger partial charge in [0, 0.05) is 45.3 Å². The van der Waals surface area contributed by atoms with E-state index >= 15 is 0 Å². The van der Waals surface area contributed by atoms with E-state index in [1.54, 1.807) is 6.07 Å². The van der Waals surface area contributed by atoms with Gasteiger partial charge >= 0.3 is 0 Å². The molecule has 0 bridgehead atoms. The number of piperidine rings is 1. The topological polar surface area (TPSA) is 87.0 Å². The summed E-state index contributed by atoms with van der Waals surface area (Å²) in [5.41, 5.74) is 0.365. The zero-order valence-electron chi connectivity index (χ0n) is 16.9. The Kier molecular flexibility index (Phi) is 6.26. The smallest absolute Gasteiger partial charge is 0.293 e. The number of anilines is 1. The van der Waals surface area contributed by atoms with Gasteiger partial charge < -0.3 is 9.80 Å². The molecule has 28 heavy (non-hydrogen) atoms. The summed E-state index contributed by atoms with van der Waals surface area (Å²) in [5.74, 6) is 0.560. The lowest BCUT2D eigenvalue weighted by Gasteiger charge is -2.35. The molecule has 2 atom stereocenters. The van der Waals surface area contributed by atoms with Gasteiger partial charge in [-0.25, -0.2) is 8.42 Å². The fourth-order valence-electron chi connectivity index (χ4n) is 4.33. The summed E-state index contributed by atoms with van der Waals surface area (Å²) < 4.78 is 27.7. The molecule has 0 radical (unpaired) electrons. The van der Waals surface area contributed by atoms with Crippen molar-refractivity contribution in [3.63, 3.8) is 0 Å². The summed E-state index contributed by atoms with van der Waals surface area (Å²) in [4.78, 5) is 15.5. The number of hydrogen-bond acceptors (Lipinski definition) is 6. The Hall–Kier alpha value is -1.71. The Morgan fingerprint density at radius 2 is 1.71 bits per heavy atom. The minimum Gasteiger partial charge on any atom is -0.363 e. The molecule has 2 aliphatic rings. The van der Waals surface area contributed by atoms with Crippen LogP contribution in [0.1, 0.15) is 27.2 Å². The molecule has 0 N–H and O–H groups in total. The van der Waals surface area contributed by atoms with Crippen LogP contribution in [0.3, 0.4) is 0 Å². The van der Waals surface area contributed by atoms with Gasteiger partial charge in [-0.05, 0) is 36.9 Å². The van der Waals surface area contributed by atoms with Gasteiger partial charge in [-0.15, -0.1) is 0 Å². The first-order valence-corrected chi connectivity index (χ1v) is 11.4. The number of nitro benzene ring substituents is 1. The first-order chi connectivity index (χ1) is 13.2. The highest BCUT2D eigenvalue weighted by molar-refractivity contribution is 7.89. The van der Waals surface area contributed by atoms with Crippen molar-refractivity contribution in [3.8, 4) is 0 Å². The monoisotopic (exact) mass is 410 g/mol. The normalized spacial score (nSPS) is 25.0. The van der Waals surface area contributed by atoms with E-state index < -0.39 is 14.9 Å². The summed E-state index contributed by atoms with van der Waals surface area (Å²) in [6.45, 7) is 11.1. The maximum atomic E-state index is 13.1. The molecule has 2 fully saturated rings. The van der Waals surface area contributed by atoms with E-state index in [4.69, 9.17) is 0 Å². The van der Waals surface area contributed by atoms with E-state index in [-0.39, 0.29) is 22.4 Å². The molecule has 2 heterocycles. The van der Waals surface area contributed by atoms with Gasteiger partial charge in [-0.1, -0.05) is 20.8 Å². The van der Waals surface area contributed by atoms with E-state index in [9.17, 15) is 18.5 Å². The van der Waals surface area contributed by atoms with Crippen LogP contribution >= 0.6 is 0 Å². The lowest BCUT2D eigenvalue weighted by Crippen LogP contribution is -2.46. The van der Waals surface area contributed by atoms with Gasteiger partial charge in [-0.2, -0.15) is 4.31 Å². The average molecular weight is 411 g/mol. The molecular weight excluding hydrogens is 380 g/mol. The first-order valence-electron chi connectivity index (χ1n) is 9.98. The van der Waals surface area contributed by atoms with Gasteiger partial charge in [0.1, 0.15) is 5.69 Å². The van der Waals surface area contributed by atoms with Crippen molar-refractivity contribution >= 4 is 21.4 Å². The van der Waals surface area contributed by atoms with E-state index in [1.165, 1.54) is 16.4 Å². The number of nitro groups is 1. The van der Waals surface area contributed by atoms with Gasteiger partial charge in [0.25, 0.3) is 5.69 Å². The van der Waals surface area contributed by atoms with Crippen LogP contribution in [0, 0.1) is 22.0 Å². The fraction of sp³-hybridized carbons (Fsp3) is 0.684. The minimum atomic E-state index is -3.74. The van der Waals surface area contributed by atoms with Crippen LogP contribution < -0.4 is 4.90 Å². The average Bonchev–Trinajstić information content (AvgIpc) is 2.66. The molecule has 1 aromatic rings. The predicted molar refractivity (Wildman–Crippen MR) is 109 cm³/mol. The lowest BCUT2D eigenvalue weighted by atomic mass is 9.94. The molecule has 0 aromatic heterocycles. The Balaban J connectivity index is 1.89. The number of rotatable bonds is 5. The van der Waals surface area contributed by atoms with Crippen LogP contribution in [0.5, 0.6) is 0 Å². The Morgan fingerprint density at radius 3 is 2.25 bits per heavy atom. The molecule has 0 saturated carbocycles. The maximum Gasteiger partial charge on any atom is 0.293 e. The first kappa shape index (κ1) is 21.0. The van der Waals surface area contributed by atoms with Crippen molar-refractivity contribution in [1.29, 1.82) is 0 Å². The van der Waals surface area contributed by atoms with Gasteiger partial charge in [0.05, 0.1) is 9.82 Å². The summed E-state index contributed by atoms with van der Waals surface area (Å²) in [5, 5.41) is 11.7. The molecule has 0 amide bonds. The summed E-state index contributed by atoms with van der Waals surface area (Å²) in [7, 11) is -3.74. The third-order valence-corrected chi connectivity index (χ3v) is 7.60. The highest BCUT2D eigenvalue weighted by Crippen LogP contribution is 2.34. The second-order valence-electron chi connectivity index (χ2n) is 8.10. The van der Waals surface area contributed by atoms with Crippen LogP contribution in [0.15, 0.2) is 23.1 Å². The molecule has 2 saturated heterocycles. The molecule has 0 aliphatic carbocycles. The zero-order valence-corrected chi connectivity index (χ0v) is 17.7. The molecule has 1 aromatic carbocycles. The van der Waals surface area contributed by atoms with Crippen molar-refractivity contribution < 1.29 is 13.3 Å². The number of likely N-dealkylation sites (N-methyl/N-ethyl adjacent to an activating group) is 1. The molecule has 9 heteroatoms. The molecule has 8 nitrogen and oxygen atoms in total. The quantitative estimate of drug-likeness (QED) is 0.547. The van der Waals surface area contributed by atoms with Crippen LogP contribution in [0.2, 0.25) is 0 Å². The van der Waals surface area contributed by atoms with Crippen molar-refractivity contribution in [1.82, 2.24) is 9.21 Å². The largest absolute Gasteiger partial charge is 0.363 e. The Morgan fingerprint density at radius 1 is 1.11 bits per heavy atom. The molecule has 156 valence electrons. The second-order valence-corrected chi connectivity index (χ2v) is 10.0. The highest BCUT2D eigenvalue weighted by Gasteiger charge is 2.33. The minimum absolute atomic E-state index is 0.0106. The Labute approximate surface area is 167 Å². The van der Waals surface area contributed by atoms with Gasteiger partial charge in [0.2, 0.25) is 10.0 Å². The van der Waals surface area contributed by atoms with E-state index in [0.717, 1.165) is 26.1 Å². The molecule has 0 unspecified atom stereocenters. The fourth-order valence-corrected chi connectivity index (χ4v) is 6.03. The van der Waals surface area contributed by atoms with E-state index in [2.05, 4.69) is 11.8 Å². The van der Waals surface area contributed by atoms with Crippen LogP contribution in [0.4, 0.5) is 11.4 Å². The number of piperazine rings is 1. The van der Waals surface area contributed by atoms with Gasteiger partial charge in [-0.3, -0.25) is 10.1 Å². The second kappa shape index (κ2) is 8.34. The third kappa shape index (κ3) is 4.31. The lowest BCUT2D eigenvalue weighted by molar-refractivity contribution is -0.384. The number of hydrogen-bond donors (Lipinski definition) is 0. The van der Waals surface area contributed by atoms with E-state index in [0.29, 0.717) is 31.9 Å². The van der Waals surface area contributed by atoms with Crippen LogP contribution in [-0.2, 0) is 10.0 Å². The van der Waals surface area contributed by atoms with Crippen molar-refractivity contribution in [2.24, 2.45) is 11.8 Å². The highest BCUT2D eigenvalue weighted by atomic mass is 32.2. The van der Waals surface area contributed by atoms with Crippen LogP contribution in [-0.4, -0.2) is 68.4 Å². The molecule has 0 spiro atoms. The van der Waals surface area contributed by atoms with Crippen molar-refractivity contribution in [2.45, 2.75) is 32.1 Å². The maximum absolute atomic E-state index is 13.1. The summed E-state index contributed by atoms with van der Waals surface area (Å²) in [6.07, 6.45) is 0.995. The zero-order chi connectivity index (χ0) is 20.5. The molecular formula is C19H30N4O4S. The molecule has 2 aliphatic heterocycles. The van der Waals surface area contributed by atoms with Crippen molar-refractivity contribution in [2.75, 3.05) is 50.7 Å². The number of sulfonamides is 1. The van der Waals surface area contributed by atoms with Crippen molar-refractivity contribution in [3.05, 3.63) is 28.3 Å². The number of benzene rings is 1. The third-order valence-electron chi connectivity index (χ3n) is 5.78. The SMILES string of the molecule is CCN1CCN(c2ccc(S(=O)(=O)N3C[C@H](C)C[C@H](C)C3)cc2[N+](=O)[O-])CC1. The van der Waals surface area contributed by atoms with Gasteiger partial charge in [0.15, 0.2) is 0 Å². The predicted octanol–water partition coefficient (Wildman–Crippen LogP) is 2.40. The number of nitrogens with zero attached hydrogens (tertiary/aromatic N) is 4. The van der Waals surface area contributed by atoms with Crippen LogP contribution in [0.25, 0.3) is 0 Å². The standard InChI is InChI=1S/C19H30N4O4S/c1-4-20-7-9-21(10-8-20)18-6-5-17(12-19(18)23(24)25)28(26,27)22-13-15(2)11-16(3)14-22/h5-6,12,15-16H,4,7-11,13-14H2,1-3H3/t15-,16+. The summed E-state index contributed by atoms with van der Waals surface area (Å²) in [6, 6.07) is 4.36. The van der Waals surface area contributed by atoms with E-state index in [1.807, 2.05) is 18.7 Å². The Bertz CT molecular complexity index is 811.